The number of pyridine rings is 1. The van der Waals surface area contributed by atoms with Gasteiger partial charge in [-0.1, -0.05) is 0 Å². The molecular formula is C16H14ClFN4O2. The van der Waals surface area contributed by atoms with E-state index in [1.165, 1.54) is 17.0 Å². The first-order chi connectivity index (χ1) is 11.3. The molecule has 0 aliphatic carbocycles. The molecule has 124 valence electrons. The smallest absolute Gasteiger partial charge is 0.420 e. The van der Waals surface area contributed by atoms with Crippen molar-refractivity contribution in [1.82, 2.24) is 19.5 Å². The van der Waals surface area contributed by atoms with Crippen LogP contribution in [0.25, 0.3) is 22.3 Å². The molecule has 0 atom stereocenters. The molecule has 6 nitrogen and oxygen atoms in total. The Balaban J connectivity index is 2.21. The van der Waals surface area contributed by atoms with Gasteiger partial charge in [-0.25, -0.2) is 28.7 Å². The Morgan fingerprint density at radius 1 is 1.33 bits per heavy atom. The quantitative estimate of drug-likeness (QED) is 0.620. The summed E-state index contributed by atoms with van der Waals surface area (Å²) in [5.41, 5.74) is 0.0449. The standard InChI is InChI=1S/C16H14ClFN4O2/c1-16(2,3)24-15(23)22-8-10(9-5-4-6-19-13(9)22)12-11(18)7-20-14(17)21-12/h4-8H,1-3H3. The number of halogens is 2. The number of nitrogens with zero attached hydrogens (tertiary/aromatic N) is 4. The SMILES string of the molecule is CC(C)(C)OC(=O)n1cc(-c2nc(Cl)ncc2F)c2cccnc21. The predicted molar refractivity (Wildman–Crippen MR) is 87.4 cm³/mol. The summed E-state index contributed by atoms with van der Waals surface area (Å²) in [4.78, 5) is 24.1. The molecule has 3 heterocycles. The van der Waals surface area contributed by atoms with E-state index in [4.69, 9.17) is 16.3 Å². The summed E-state index contributed by atoms with van der Waals surface area (Å²) in [6, 6.07) is 3.40. The normalized spacial score (nSPS) is 11.7. The van der Waals surface area contributed by atoms with Gasteiger partial charge in [0, 0.05) is 23.3 Å². The van der Waals surface area contributed by atoms with E-state index in [0.29, 0.717) is 16.6 Å². The fourth-order valence-electron chi connectivity index (χ4n) is 2.23. The molecule has 24 heavy (non-hydrogen) atoms. The molecule has 0 aliphatic rings. The van der Waals surface area contributed by atoms with E-state index in [-0.39, 0.29) is 11.0 Å². The number of fused-ring (bicyclic) bond motifs is 1. The number of carbonyl (C=O) groups is 1. The van der Waals surface area contributed by atoms with Crippen LogP contribution in [0.2, 0.25) is 5.28 Å². The summed E-state index contributed by atoms with van der Waals surface area (Å²) >= 11 is 5.77. The minimum atomic E-state index is -0.675. The highest BCUT2D eigenvalue weighted by Gasteiger charge is 2.23. The summed E-state index contributed by atoms with van der Waals surface area (Å²) in [5.74, 6) is -0.647. The number of rotatable bonds is 1. The summed E-state index contributed by atoms with van der Waals surface area (Å²) in [6.07, 6.45) is 3.35. The van der Waals surface area contributed by atoms with Crippen molar-refractivity contribution < 1.29 is 13.9 Å². The van der Waals surface area contributed by atoms with Gasteiger partial charge >= 0.3 is 6.09 Å². The Morgan fingerprint density at radius 2 is 2.08 bits per heavy atom. The monoisotopic (exact) mass is 348 g/mol. The van der Waals surface area contributed by atoms with Crippen LogP contribution in [0.5, 0.6) is 0 Å². The summed E-state index contributed by atoms with van der Waals surface area (Å²) in [7, 11) is 0. The molecule has 3 aromatic rings. The summed E-state index contributed by atoms with van der Waals surface area (Å²) in [6.45, 7) is 5.28. The molecule has 0 bridgehead atoms. The Hall–Kier alpha value is -2.54. The lowest BCUT2D eigenvalue weighted by atomic mass is 10.1. The molecule has 0 aliphatic heterocycles. The Labute approximate surface area is 142 Å². The van der Waals surface area contributed by atoms with Crippen LogP contribution < -0.4 is 0 Å². The minimum Gasteiger partial charge on any atom is -0.443 e. The Bertz CT molecular complexity index is 933. The van der Waals surface area contributed by atoms with E-state index < -0.39 is 17.5 Å². The van der Waals surface area contributed by atoms with Crippen LogP contribution >= 0.6 is 11.6 Å². The van der Waals surface area contributed by atoms with Crippen LogP contribution in [0.1, 0.15) is 20.8 Å². The lowest BCUT2D eigenvalue weighted by Crippen LogP contribution is -2.26. The second-order valence-corrected chi connectivity index (χ2v) is 6.44. The third-order valence-electron chi connectivity index (χ3n) is 3.12. The maximum atomic E-state index is 14.1. The average Bonchev–Trinajstić information content (AvgIpc) is 2.88. The van der Waals surface area contributed by atoms with E-state index in [2.05, 4.69) is 15.0 Å². The van der Waals surface area contributed by atoms with E-state index in [9.17, 15) is 9.18 Å². The number of aromatic nitrogens is 4. The van der Waals surface area contributed by atoms with Crippen LogP contribution in [0.4, 0.5) is 9.18 Å². The average molecular weight is 349 g/mol. The molecule has 8 heteroatoms. The second kappa shape index (κ2) is 5.83. The molecule has 0 aromatic carbocycles. The predicted octanol–water partition coefficient (Wildman–Crippen LogP) is 4.07. The van der Waals surface area contributed by atoms with Gasteiger partial charge in [-0.05, 0) is 44.5 Å². The van der Waals surface area contributed by atoms with E-state index >= 15 is 0 Å². The van der Waals surface area contributed by atoms with E-state index in [1.807, 2.05) is 0 Å². The fraction of sp³-hybridized carbons (Fsp3) is 0.250. The minimum absolute atomic E-state index is 0.00434. The van der Waals surface area contributed by atoms with Gasteiger partial charge in [-0.3, -0.25) is 0 Å². The largest absolute Gasteiger partial charge is 0.443 e. The lowest BCUT2D eigenvalue weighted by Gasteiger charge is -2.19. The van der Waals surface area contributed by atoms with Gasteiger partial charge in [0.2, 0.25) is 5.28 Å². The molecule has 0 spiro atoms. The van der Waals surface area contributed by atoms with Crippen molar-refractivity contribution in [2.45, 2.75) is 26.4 Å². The zero-order chi connectivity index (χ0) is 17.5. The van der Waals surface area contributed by atoms with Crippen molar-refractivity contribution in [3.8, 4) is 11.3 Å². The van der Waals surface area contributed by atoms with Crippen LogP contribution in [-0.2, 0) is 4.74 Å². The third-order valence-corrected chi connectivity index (χ3v) is 3.31. The topological polar surface area (TPSA) is 69.9 Å². The van der Waals surface area contributed by atoms with Gasteiger partial charge in [0.25, 0.3) is 0 Å². The molecule has 0 saturated carbocycles. The summed E-state index contributed by atoms with van der Waals surface area (Å²) < 4.78 is 20.7. The van der Waals surface area contributed by atoms with Crippen molar-refractivity contribution in [2.24, 2.45) is 0 Å². The van der Waals surface area contributed by atoms with Gasteiger partial charge < -0.3 is 4.74 Å². The van der Waals surface area contributed by atoms with Crippen LogP contribution in [-0.4, -0.2) is 31.2 Å². The highest BCUT2D eigenvalue weighted by molar-refractivity contribution is 6.28. The van der Waals surface area contributed by atoms with Gasteiger partial charge in [-0.15, -0.1) is 0 Å². The number of carbonyl (C=O) groups excluding carboxylic acids is 1. The fourth-order valence-corrected chi connectivity index (χ4v) is 2.37. The van der Waals surface area contributed by atoms with Gasteiger partial charge in [0.15, 0.2) is 5.82 Å². The number of ether oxygens (including phenoxy) is 1. The molecule has 0 unspecified atom stereocenters. The first-order valence-electron chi connectivity index (χ1n) is 7.14. The Kier molecular flexibility index (Phi) is 3.96. The van der Waals surface area contributed by atoms with Crippen molar-refractivity contribution in [3.63, 3.8) is 0 Å². The molecule has 3 aromatic heterocycles. The molecule has 3 rings (SSSR count). The molecule has 0 fully saturated rings. The van der Waals surface area contributed by atoms with Crippen molar-refractivity contribution in [3.05, 3.63) is 41.8 Å². The first-order valence-corrected chi connectivity index (χ1v) is 7.52. The number of hydrogen-bond acceptors (Lipinski definition) is 5. The van der Waals surface area contributed by atoms with Gasteiger partial charge in [0.05, 0.1) is 6.20 Å². The first kappa shape index (κ1) is 16.3. The third kappa shape index (κ3) is 3.07. The zero-order valence-electron chi connectivity index (χ0n) is 13.2. The lowest BCUT2D eigenvalue weighted by molar-refractivity contribution is 0.0543. The second-order valence-electron chi connectivity index (χ2n) is 6.10. The maximum Gasteiger partial charge on any atom is 0.420 e. The van der Waals surface area contributed by atoms with Crippen LogP contribution in [0, 0.1) is 5.82 Å². The van der Waals surface area contributed by atoms with Gasteiger partial charge in [0.1, 0.15) is 16.9 Å². The highest BCUT2D eigenvalue weighted by Crippen LogP contribution is 2.30. The van der Waals surface area contributed by atoms with Crippen molar-refractivity contribution in [1.29, 1.82) is 0 Å². The van der Waals surface area contributed by atoms with Crippen LogP contribution in [0.15, 0.2) is 30.7 Å². The molecule has 0 N–H and O–H groups in total. The Morgan fingerprint density at radius 3 is 2.79 bits per heavy atom. The molecular weight excluding hydrogens is 335 g/mol. The highest BCUT2D eigenvalue weighted by atomic mass is 35.5. The zero-order valence-corrected chi connectivity index (χ0v) is 14.0. The van der Waals surface area contributed by atoms with Crippen molar-refractivity contribution in [2.75, 3.05) is 0 Å². The number of hydrogen-bond donors (Lipinski definition) is 0. The molecule has 0 radical (unpaired) electrons. The maximum absolute atomic E-state index is 14.1. The van der Waals surface area contributed by atoms with Gasteiger partial charge in [-0.2, -0.15) is 0 Å². The molecule has 0 saturated heterocycles. The van der Waals surface area contributed by atoms with Crippen LogP contribution in [0.3, 0.4) is 0 Å². The van der Waals surface area contributed by atoms with E-state index in [1.54, 1.807) is 32.9 Å². The molecule has 0 amide bonds. The van der Waals surface area contributed by atoms with Crippen molar-refractivity contribution >= 4 is 28.7 Å². The van der Waals surface area contributed by atoms with E-state index in [0.717, 1.165) is 6.20 Å². The summed E-state index contributed by atoms with van der Waals surface area (Å²) in [5, 5.41) is 0.463.